The molecule has 0 saturated heterocycles. The fourth-order valence-electron chi connectivity index (χ4n) is 2.93. The zero-order valence-corrected chi connectivity index (χ0v) is 12.3. The molecule has 106 valence electrons. The van der Waals surface area contributed by atoms with Crippen LogP contribution in [0.2, 0.25) is 0 Å². The predicted octanol–water partition coefficient (Wildman–Crippen LogP) is 4.00. The van der Waals surface area contributed by atoms with Crippen LogP contribution in [0.25, 0.3) is 0 Å². The van der Waals surface area contributed by atoms with Gasteiger partial charge < -0.3 is 5.32 Å². The van der Waals surface area contributed by atoms with E-state index in [4.69, 9.17) is 5.10 Å². The molecule has 1 aromatic heterocycles. The van der Waals surface area contributed by atoms with Crippen LogP contribution in [0.15, 0.2) is 36.5 Å². The summed E-state index contributed by atoms with van der Waals surface area (Å²) in [6.45, 7) is 5.49. The molecule has 3 nitrogen and oxygen atoms in total. The van der Waals surface area contributed by atoms with Gasteiger partial charge in [-0.25, -0.2) is 0 Å². The van der Waals surface area contributed by atoms with Gasteiger partial charge in [-0.05, 0) is 49.8 Å². The topological polar surface area (TPSA) is 29.9 Å². The van der Waals surface area contributed by atoms with E-state index in [2.05, 4.69) is 60.4 Å². The molecule has 20 heavy (non-hydrogen) atoms. The molecule has 1 aliphatic rings. The molecular formula is C17H23N3. The van der Waals surface area contributed by atoms with Crippen LogP contribution in [0.1, 0.15) is 49.9 Å². The lowest BCUT2D eigenvalue weighted by molar-refractivity contribution is 0.470. The van der Waals surface area contributed by atoms with Crippen molar-refractivity contribution in [2.45, 2.75) is 45.1 Å². The monoisotopic (exact) mass is 269 g/mol. The van der Waals surface area contributed by atoms with Crippen molar-refractivity contribution in [1.29, 1.82) is 0 Å². The van der Waals surface area contributed by atoms with E-state index < -0.39 is 0 Å². The van der Waals surface area contributed by atoms with E-state index in [0.29, 0.717) is 12.0 Å². The zero-order chi connectivity index (χ0) is 13.9. The Morgan fingerprint density at radius 3 is 3.05 bits per heavy atom. The molecular weight excluding hydrogens is 246 g/mol. The number of nitrogens with one attached hydrogen (secondary N) is 1. The van der Waals surface area contributed by atoms with Crippen molar-refractivity contribution in [1.82, 2.24) is 9.78 Å². The fraction of sp³-hybridized carbons (Fsp3) is 0.471. The van der Waals surface area contributed by atoms with Crippen LogP contribution in [-0.2, 0) is 6.42 Å². The van der Waals surface area contributed by atoms with Gasteiger partial charge in [-0.15, -0.1) is 0 Å². The van der Waals surface area contributed by atoms with Crippen molar-refractivity contribution < 1.29 is 0 Å². The second kappa shape index (κ2) is 5.70. The minimum atomic E-state index is 0.490. The Morgan fingerprint density at radius 1 is 1.35 bits per heavy atom. The minimum Gasteiger partial charge on any atom is -0.385 e. The number of aromatic nitrogens is 2. The Bertz CT molecular complexity index is 573. The van der Waals surface area contributed by atoms with Crippen LogP contribution in [-0.4, -0.2) is 16.3 Å². The molecule has 1 aromatic carbocycles. The summed E-state index contributed by atoms with van der Waals surface area (Å²) in [4.78, 5) is 0. The van der Waals surface area contributed by atoms with Crippen molar-refractivity contribution in [3.8, 4) is 0 Å². The molecule has 2 aromatic rings. The highest BCUT2D eigenvalue weighted by atomic mass is 15.3. The number of rotatable bonds is 4. The van der Waals surface area contributed by atoms with Crippen molar-refractivity contribution in [2.24, 2.45) is 0 Å². The first-order valence-corrected chi connectivity index (χ1v) is 7.64. The van der Waals surface area contributed by atoms with E-state index in [-0.39, 0.29) is 0 Å². The Labute approximate surface area is 121 Å². The van der Waals surface area contributed by atoms with Crippen LogP contribution in [0.4, 0.5) is 5.69 Å². The average molecular weight is 269 g/mol. The van der Waals surface area contributed by atoms with E-state index >= 15 is 0 Å². The summed E-state index contributed by atoms with van der Waals surface area (Å²) in [7, 11) is 0. The quantitative estimate of drug-likeness (QED) is 0.909. The lowest BCUT2D eigenvalue weighted by Gasteiger charge is -2.26. The maximum Gasteiger partial charge on any atom is 0.0630 e. The lowest BCUT2D eigenvalue weighted by atomic mass is 9.87. The summed E-state index contributed by atoms with van der Waals surface area (Å²) < 4.78 is 2.10. The number of benzene rings is 1. The average Bonchev–Trinajstić information content (AvgIpc) is 2.95. The standard InChI is InChI=1S/C17H23N3/c1-3-13(2)20-11-9-15(19-20)12-14-8-10-18-17-7-5-4-6-16(14)17/h4-7,9,11,13-14,18H,3,8,10,12H2,1-2H3. The van der Waals surface area contributed by atoms with Crippen molar-refractivity contribution >= 4 is 5.69 Å². The first-order chi connectivity index (χ1) is 9.78. The molecule has 0 spiro atoms. The number of para-hydroxylation sites is 1. The summed E-state index contributed by atoms with van der Waals surface area (Å²) in [5.41, 5.74) is 3.95. The third-order valence-electron chi connectivity index (χ3n) is 4.37. The van der Waals surface area contributed by atoms with E-state index in [9.17, 15) is 0 Å². The molecule has 0 saturated carbocycles. The van der Waals surface area contributed by atoms with Gasteiger partial charge in [-0.1, -0.05) is 25.1 Å². The highest BCUT2D eigenvalue weighted by Gasteiger charge is 2.20. The maximum atomic E-state index is 4.74. The van der Waals surface area contributed by atoms with Gasteiger partial charge in [-0.2, -0.15) is 5.10 Å². The van der Waals surface area contributed by atoms with Crippen LogP contribution in [0.5, 0.6) is 0 Å². The largest absolute Gasteiger partial charge is 0.385 e. The third kappa shape index (κ3) is 2.58. The molecule has 0 amide bonds. The minimum absolute atomic E-state index is 0.490. The molecule has 3 heteroatoms. The molecule has 0 bridgehead atoms. The highest BCUT2D eigenvalue weighted by Crippen LogP contribution is 2.33. The SMILES string of the molecule is CCC(C)n1ccc(CC2CCNc3ccccc32)n1. The molecule has 2 heterocycles. The number of hydrogen-bond acceptors (Lipinski definition) is 2. The van der Waals surface area contributed by atoms with E-state index in [1.807, 2.05) is 0 Å². The van der Waals surface area contributed by atoms with Crippen LogP contribution < -0.4 is 5.32 Å². The van der Waals surface area contributed by atoms with Crippen molar-refractivity contribution in [3.63, 3.8) is 0 Å². The molecule has 0 radical (unpaired) electrons. The van der Waals surface area contributed by atoms with Gasteiger partial charge in [-0.3, -0.25) is 4.68 Å². The van der Waals surface area contributed by atoms with Crippen LogP contribution in [0.3, 0.4) is 0 Å². The first-order valence-electron chi connectivity index (χ1n) is 7.64. The van der Waals surface area contributed by atoms with Crippen molar-refractivity contribution in [3.05, 3.63) is 47.8 Å². The normalized spacial score (nSPS) is 19.2. The Morgan fingerprint density at radius 2 is 2.20 bits per heavy atom. The Balaban J connectivity index is 1.77. The van der Waals surface area contributed by atoms with E-state index in [0.717, 1.165) is 19.4 Å². The number of nitrogens with zero attached hydrogens (tertiary/aromatic N) is 2. The molecule has 1 aliphatic heterocycles. The summed E-state index contributed by atoms with van der Waals surface area (Å²) in [5.74, 6) is 0.590. The molecule has 0 fully saturated rings. The number of hydrogen-bond donors (Lipinski definition) is 1. The Kier molecular flexibility index (Phi) is 3.77. The zero-order valence-electron chi connectivity index (χ0n) is 12.3. The smallest absolute Gasteiger partial charge is 0.0630 e. The van der Waals surface area contributed by atoms with Crippen molar-refractivity contribution in [2.75, 3.05) is 11.9 Å². The first kappa shape index (κ1) is 13.2. The van der Waals surface area contributed by atoms with Crippen LogP contribution in [0, 0.1) is 0 Å². The summed E-state index contributed by atoms with van der Waals surface area (Å²) in [6.07, 6.45) is 5.48. The third-order valence-corrected chi connectivity index (χ3v) is 4.37. The molecule has 3 rings (SSSR count). The summed E-state index contributed by atoms with van der Waals surface area (Å²) in [6, 6.07) is 11.3. The van der Waals surface area contributed by atoms with Gasteiger partial charge >= 0.3 is 0 Å². The van der Waals surface area contributed by atoms with E-state index in [1.54, 1.807) is 0 Å². The van der Waals surface area contributed by atoms with Gasteiger partial charge in [0.25, 0.3) is 0 Å². The number of fused-ring (bicyclic) bond motifs is 1. The summed E-state index contributed by atoms with van der Waals surface area (Å²) >= 11 is 0. The maximum absolute atomic E-state index is 4.74. The van der Waals surface area contributed by atoms with Gasteiger partial charge in [0.1, 0.15) is 0 Å². The number of anilines is 1. The molecule has 2 unspecified atom stereocenters. The lowest BCUT2D eigenvalue weighted by Crippen LogP contribution is -2.18. The Hall–Kier alpha value is -1.77. The van der Waals surface area contributed by atoms with Gasteiger partial charge in [0, 0.05) is 24.5 Å². The van der Waals surface area contributed by atoms with Gasteiger partial charge in [0.2, 0.25) is 0 Å². The van der Waals surface area contributed by atoms with Gasteiger partial charge in [0.05, 0.1) is 5.69 Å². The van der Waals surface area contributed by atoms with Gasteiger partial charge in [0.15, 0.2) is 0 Å². The second-order valence-corrected chi connectivity index (χ2v) is 5.75. The predicted molar refractivity (Wildman–Crippen MR) is 83.2 cm³/mol. The molecule has 2 atom stereocenters. The van der Waals surface area contributed by atoms with Crippen LogP contribution >= 0.6 is 0 Å². The molecule has 1 N–H and O–H groups in total. The molecule has 0 aliphatic carbocycles. The summed E-state index contributed by atoms with van der Waals surface area (Å²) in [5, 5.41) is 8.23. The fourth-order valence-corrected chi connectivity index (χ4v) is 2.93. The second-order valence-electron chi connectivity index (χ2n) is 5.75. The van der Waals surface area contributed by atoms with E-state index in [1.165, 1.54) is 23.4 Å². The highest BCUT2D eigenvalue weighted by molar-refractivity contribution is 5.54.